The first kappa shape index (κ1) is 17.0. The van der Waals surface area contributed by atoms with Gasteiger partial charge in [-0.25, -0.2) is 9.97 Å². The van der Waals surface area contributed by atoms with Crippen LogP contribution in [0.25, 0.3) is 0 Å². The van der Waals surface area contributed by atoms with Gasteiger partial charge in [0.15, 0.2) is 5.82 Å². The summed E-state index contributed by atoms with van der Waals surface area (Å²) in [6, 6.07) is 6.88. The van der Waals surface area contributed by atoms with Crippen molar-refractivity contribution in [2.24, 2.45) is 0 Å². The van der Waals surface area contributed by atoms with Crippen molar-refractivity contribution in [2.75, 3.05) is 0 Å². The summed E-state index contributed by atoms with van der Waals surface area (Å²) >= 11 is 11.4. The lowest BCUT2D eigenvalue weighted by atomic mass is 10.3. The molecular weight excluding hydrogens is 341 g/mol. The monoisotopic (exact) mass is 353 g/mol. The van der Waals surface area contributed by atoms with E-state index < -0.39 is 4.92 Å². The highest BCUT2D eigenvalue weighted by Crippen LogP contribution is 2.07. The molecule has 0 atom stereocenters. The fourth-order valence-electron chi connectivity index (χ4n) is 1.68. The summed E-state index contributed by atoms with van der Waals surface area (Å²) in [6.45, 7) is 0.741. The van der Waals surface area contributed by atoms with Crippen LogP contribution in [0.5, 0.6) is 0 Å². The first-order valence-electron chi connectivity index (χ1n) is 6.57. The molecule has 9 heteroatoms. The van der Waals surface area contributed by atoms with Crippen LogP contribution in [0.2, 0.25) is 10.3 Å². The second kappa shape index (κ2) is 8.30. The number of pyridine rings is 2. The van der Waals surface area contributed by atoms with Gasteiger partial charge in [0.05, 0.1) is 4.92 Å². The Morgan fingerprint density at radius 3 is 1.87 bits per heavy atom. The van der Waals surface area contributed by atoms with Crippen molar-refractivity contribution in [2.45, 2.75) is 13.1 Å². The Balaban J connectivity index is 1.95. The number of nitrogens with one attached hydrogen (secondary N) is 2. The Labute approximate surface area is 142 Å². The molecule has 0 unspecified atom stereocenters. The minimum Gasteiger partial charge on any atom is -0.363 e. The maximum atomic E-state index is 10.7. The highest BCUT2D eigenvalue weighted by molar-refractivity contribution is 6.29. The minimum atomic E-state index is -0.532. The van der Waals surface area contributed by atoms with Crippen LogP contribution in [-0.2, 0) is 13.1 Å². The molecule has 120 valence electrons. The van der Waals surface area contributed by atoms with Crippen LogP contribution in [-0.4, -0.2) is 14.9 Å². The van der Waals surface area contributed by atoms with E-state index in [0.717, 1.165) is 17.3 Å². The summed E-state index contributed by atoms with van der Waals surface area (Å²) < 4.78 is 0. The van der Waals surface area contributed by atoms with Crippen LogP contribution in [0.3, 0.4) is 0 Å². The quantitative estimate of drug-likeness (QED) is 0.451. The van der Waals surface area contributed by atoms with Gasteiger partial charge in [-0.05, 0) is 23.3 Å². The van der Waals surface area contributed by atoms with E-state index in [1.54, 1.807) is 36.7 Å². The van der Waals surface area contributed by atoms with Crippen molar-refractivity contribution in [1.29, 1.82) is 0 Å². The third-order valence-corrected chi connectivity index (χ3v) is 3.22. The zero-order valence-corrected chi connectivity index (χ0v) is 13.4. The van der Waals surface area contributed by atoms with E-state index in [9.17, 15) is 10.1 Å². The molecule has 0 aliphatic carbocycles. The molecule has 2 heterocycles. The third-order valence-electron chi connectivity index (χ3n) is 2.78. The molecule has 0 radical (unpaired) electrons. The number of aromatic nitrogens is 2. The molecule has 0 aliphatic rings. The average molecular weight is 354 g/mol. The molecule has 7 nitrogen and oxygen atoms in total. The number of nitro groups is 1. The third kappa shape index (κ3) is 6.09. The molecule has 0 amide bonds. The summed E-state index contributed by atoms with van der Waals surface area (Å²) in [5.41, 5.74) is 1.69. The summed E-state index contributed by atoms with van der Waals surface area (Å²) in [5.74, 6) is 0.278. The Morgan fingerprint density at radius 2 is 1.52 bits per heavy atom. The van der Waals surface area contributed by atoms with Crippen molar-refractivity contribution in [3.63, 3.8) is 0 Å². The van der Waals surface area contributed by atoms with E-state index in [4.69, 9.17) is 23.2 Å². The lowest BCUT2D eigenvalue weighted by molar-refractivity contribution is -0.404. The van der Waals surface area contributed by atoms with Crippen LogP contribution in [0, 0.1) is 10.1 Å². The molecule has 0 saturated carbocycles. The summed E-state index contributed by atoms with van der Waals surface area (Å²) in [7, 11) is 0. The average Bonchev–Trinajstić information content (AvgIpc) is 2.52. The Hall–Kier alpha value is -2.38. The predicted molar refractivity (Wildman–Crippen MR) is 87.3 cm³/mol. The highest BCUT2D eigenvalue weighted by Gasteiger charge is 2.04. The van der Waals surface area contributed by atoms with E-state index in [-0.39, 0.29) is 5.82 Å². The zero-order chi connectivity index (χ0) is 16.7. The number of nitrogens with zero attached hydrogens (tertiary/aromatic N) is 3. The normalized spacial score (nSPS) is 10.0. The fraction of sp³-hybridized carbons (Fsp3) is 0.143. The molecule has 0 saturated heterocycles. The molecule has 23 heavy (non-hydrogen) atoms. The number of rotatable bonds is 7. The molecule has 2 aromatic heterocycles. The molecule has 2 aromatic rings. The van der Waals surface area contributed by atoms with Crippen LogP contribution in [0.4, 0.5) is 0 Å². The van der Waals surface area contributed by atoms with E-state index in [2.05, 4.69) is 20.6 Å². The van der Waals surface area contributed by atoms with E-state index in [1.807, 2.05) is 0 Å². The Bertz CT molecular complexity index is 638. The van der Waals surface area contributed by atoms with Crippen molar-refractivity contribution >= 4 is 23.2 Å². The first-order valence-corrected chi connectivity index (χ1v) is 7.32. The molecule has 0 bridgehead atoms. The second-order valence-electron chi connectivity index (χ2n) is 4.51. The largest absolute Gasteiger partial charge is 0.363 e. The molecule has 0 aromatic carbocycles. The molecule has 0 spiro atoms. The summed E-state index contributed by atoms with van der Waals surface area (Å²) in [6.07, 6.45) is 4.07. The number of halogens is 2. The first-order chi connectivity index (χ1) is 11.0. The summed E-state index contributed by atoms with van der Waals surface area (Å²) in [5, 5.41) is 17.4. The van der Waals surface area contributed by atoms with Gasteiger partial charge < -0.3 is 10.6 Å². The molecular formula is C14H13Cl2N5O2. The van der Waals surface area contributed by atoms with Crippen molar-refractivity contribution in [1.82, 2.24) is 20.6 Å². The van der Waals surface area contributed by atoms with Gasteiger partial charge in [0, 0.05) is 25.5 Å². The lowest BCUT2D eigenvalue weighted by Gasteiger charge is -2.11. The fourth-order valence-corrected chi connectivity index (χ4v) is 1.90. The topological polar surface area (TPSA) is 93.0 Å². The maximum absolute atomic E-state index is 10.7. The number of hydrogen-bond acceptors (Lipinski definition) is 6. The van der Waals surface area contributed by atoms with Crippen molar-refractivity contribution in [3.05, 3.63) is 80.2 Å². The van der Waals surface area contributed by atoms with E-state index >= 15 is 0 Å². The van der Waals surface area contributed by atoms with Gasteiger partial charge in [0.2, 0.25) is 0 Å². The predicted octanol–water partition coefficient (Wildman–Crippen LogP) is 2.74. The molecule has 0 fully saturated rings. The maximum Gasteiger partial charge on any atom is 0.274 e. The molecule has 2 N–H and O–H groups in total. The van der Waals surface area contributed by atoms with Gasteiger partial charge in [-0.2, -0.15) is 0 Å². The molecule has 2 rings (SSSR count). The van der Waals surface area contributed by atoms with E-state index in [0.29, 0.717) is 23.4 Å². The highest BCUT2D eigenvalue weighted by atomic mass is 35.5. The smallest absolute Gasteiger partial charge is 0.274 e. The van der Waals surface area contributed by atoms with Crippen LogP contribution in [0.15, 0.2) is 48.7 Å². The number of hydrogen-bond donors (Lipinski definition) is 2. The van der Waals surface area contributed by atoms with Crippen molar-refractivity contribution in [3.8, 4) is 0 Å². The van der Waals surface area contributed by atoms with Crippen LogP contribution >= 0.6 is 23.2 Å². The standard InChI is InChI=1S/C14H13Cl2N5O2/c15-12-3-1-10(5-17-12)7-19-14(9-21(22)23)20-8-11-2-4-13(16)18-6-11/h1-6,9,19-20H,7-8H2. The minimum absolute atomic E-state index is 0.278. The lowest BCUT2D eigenvalue weighted by Crippen LogP contribution is -2.26. The van der Waals surface area contributed by atoms with Crippen LogP contribution in [0.1, 0.15) is 11.1 Å². The van der Waals surface area contributed by atoms with Gasteiger partial charge in [-0.15, -0.1) is 0 Å². The van der Waals surface area contributed by atoms with Gasteiger partial charge in [-0.1, -0.05) is 35.3 Å². The Kier molecular flexibility index (Phi) is 6.13. The molecule has 0 aliphatic heterocycles. The SMILES string of the molecule is O=[N+]([O-])C=C(NCc1ccc(Cl)nc1)NCc1ccc(Cl)nc1. The van der Waals surface area contributed by atoms with Gasteiger partial charge in [0.1, 0.15) is 10.3 Å². The Morgan fingerprint density at radius 1 is 1.04 bits per heavy atom. The van der Waals surface area contributed by atoms with Gasteiger partial charge >= 0.3 is 0 Å². The van der Waals surface area contributed by atoms with Gasteiger partial charge in [0.25, 0.3) is 6.20 Å². The van der Waals surface area contributed by atoms with Crippen molar-refractivity contribution < 1.29 is 4.92 Å². The zero-order valence-electron chi connectivity index (χ0n) is 11.9. The van der Waals surface area contributed by atoms with Crippen LogP contribution < -0.4 is 10.6 Å². The second-order valence-corrected chi connectivity index (χ2v) is 5.29. The van der Waals surface area contributed by atoms with E-state index in [1.165, 1.54) is 0 Å². The summed E-state index contributed by atoms with van der Waals surface area (Å²) in [4.78, 5) is 18.1. The van der Waals surface area contributed by atoms with Gasteiger partial charge in [-0.3, -0.25) is 10.1 Å².